The maximum atomic E-state index is 5.60. The summed E-state index contributed by atoms with van der Waals surface area (Å²) in [5.74, 6) is 0. The van der Waals surface area contributed by atoms with Crippen LogP contribution in [0.3, 0.4) is 0 Å². The summed E-state index contributed by atoms with van der Waals surface area (Å²) in [6, 6.07) is 8.32. The molecule has 0 aliphatic heterocycles. The van der Waals surface area contributed by atoms with Gasteiger partial charge in [-0.3, -0.25) is 5.10 Å². The van der Waals surface area contributed by atoms with Gasteiger partial charge in [-0.2, -0.15) is 5.10 Å². The smallest absolute Gasteiger partial charge is 0.0953 e. The number of nitrogens with two attached hydrogens (primary N) is 1. The second-order valence-electron chi connectivity index (χ2n) is 3.75. The van der Waals surface area contributed by atoms with Crippen molar-refractivity contribution in [3.8, 4) is 11.3 Å². The number of nitrogens with one attached hydrogen (secondary N) is 1. The molecule has 1 aromatic carbocycles. The van der Waals surface area contributed by atoms with Crippen LogP contribution in [-0.2, 0) is 6.54 Å². The Labute approximate surface area is 89.3 Å². The average Bonchev–Trinajstić information content (AvgIpc) is 2.59. The van der Waals surface area contributed by atoms with E-state index in [9.17, 15) is 0 Å². The van der Waals surface area contributed by atoms with Gasteiger partial charge in [0.25, 0.3) is 0 Å². The molecule has 1 aromatic heterocycles. The zero-order valence-electron chi connectivity index (χ0n) is 9.04. The molecule has 2 aromatic rings. The van der Waals surface area contributed by atoms with Crippen LogP contribution in [-0.4, -0.2) is 10.2 Å². The van der Waals surface area contributed by atoms with Gasteiger partial charge in [0.1, 0.15) is 0 Å². The Morgan fingerprint density at radius 1 is 1.33 bits per heavy atom. The molecule has 2 rings (SSSR count). The lowest BCUT2D eigenvalue weighted by molar-refractivity contribution is 0.941. The van der Waals surface area contributed by atoms with Crippen LogP contribution in [0.2, 0.25) is 0 Å². The Morgan fingerprint density at radius 2 is 2.13 bits per heavy atom. The molecular weight excluding hydrogens is 186 g/mol. The Kier molecular flexibility index (Phi) is 2.56. The summed E-state index contributed by atoms with van der Waals surface area (Å²) in [7, 11) is 0. The number of aromatic nitrogens is 2. The summed E-state index contributed by atoms with van der Waals surface area (Å²) < 4.78 is 0. The third-order valence-electron chi connectivity index (χ3n) is 2.61. The van der Waals surface area contributed by atoms with Crippen molar-refractivity contribution >= 4 is 0 Å². The van der Waals surface area contributed by atoms with Gasteiger partial charge in [0.05, 0.1) is 11.4 Å². The number of H-pyrrole nitrogens is 1. The highest BCUT2D eigenvalue weighted by atomic mass is 15.1. The van der Waals surface area contributed by atoms with Crippen LogP contribution in [0, 0.1) is 13.8 Å². The fraction of sp³-hybridized carbons (Fsp3) is 0.250. The molecule has 0 atom stereocenters. The van der Waals surface area contributed by atoms with Gasteiger partial charge >= 0.3 is 0 Å². The first-order valence-corrected chi connectivity index (χ1v) is 5.03. The number of aromatic amines is 1. The van der Waals surface area contributed by atoms with Crippen LogP contribution in [0.4, 0.5) is 0 Å². The number of hydrogen-bond donors (Lipinski definition) is 2. The third-order valence-corrected chi connectivity index (χ3v) is 2.61. The standard InChI is InChI=1S/C12H15N3/c1-8-4-3-5-10(6-8)12-9(2)11(7-13)14-15-12/h3-6H,7,13H2,1-2H3,(H,14,15). The molecule has 0 aliphatic rings. The maximum Gasteiger partial charge on any atom is 0.0953 e. The van der Waals surface area contributed by atoms with Crippen molar-refractivity contribution in [3.63, 3.8) is 0 Å². The molecule has 0 radical (unpaired) electrons. The highest BCUT2D eigenvalue weighted by Crippen LogP contribution is 2.23. The quantitative estimate of drug-likeness (QED) is 0.782. The summed E-state index contributed by atoms with van der Waals surface area (Å²) in [6.07, 6.45) is 0. The number of hydrogen-bond acceptors (Lipinski definition) is 2. The van der Waals surface area contributed by atoms with Crippen molar-refractivity contribution in [2.75, 3.05) is 0 Å². The van der Waals surface area contributed by atoms with Crippen LogP contribution in [0.5, 0.6) is 0 Å². The molecule has 0 spiro atoms. The maximum absolute atomic E-state index is 5.60. The molecule has 15 heavy (non-hydrogen) atoms. The van der Waals surface area contributed by atoms with E-state index < -0.39 is 0 Å². The topological polar surface area (TPSA) is 54.7 Å². The number of nitrogens with zero attached hydrogens (tertiary/aromatic N) is 1. The Morgan fingerprint density at radius 3 is 2.73 bits per heavy atom. The first-order valence-electron chi connectivity index (χ1n) is 5.03. The minimum absolute atomic E-state index is 0.505. The fourth-order valence-electron chi connectivity index (χ4n) is 1.71. The average molecular weight is 201 g/mol. The molecular formula is C12H15N3. The second-order valence-corrected chi connectivity index (χ2v) is 3.75. The third kappa shape index (κ3) is 1.78. The minimum atomic E-state index is 0.505. The van der Waals surface area contributed by atoms with Crippen molar-refractivity contribution in [3.05, 3.63) is 41.1 Å². The van der Waals surface area contributed by atoms with Crippen LogP contribution < -0.4 is 5.73 Å². The zero-order valence-corrected chi connectivity index (χ0v) is 9.04. The van der Waals surface area contributed by atoms with E-state index in [2.05, 4.69) is 35.3 Å². The van der Waals surface area contributed by atoms with Gasteiger partial charge in [0.15, 0.2) is 0 Å². The molecule has 0 saturated carbocycles. The van der Waals surface area contributed by atoms with E-state index in [1.54, 1.807) is 0 Å². The summed E-state index contributed by atoms with van der Waals surface area (Å²) in [5.41, 5.74) is 11.1. The van der Waals surface area contributed by atoms with E-state index in [1.807, 2.05) is 13.0 Å². The van der Waals surface area contributed by atoms with E-state index >= 15 is 0 Å². The van der Waals surface area contributed by atoms with Gasteiger partial charge in [0.2, 0.25) is 0 Å². The normalized spacial score (nSPS) is 10.6. The van der Waals surface area contributed by atoms with Gasteiger partial charge < -0.3 is 5.73 Å². The molecule has 3 N–H and O–H groups in total. The number of benzene rings is 1. The fourth-order valence-corrected chi connectivity index (χ4v) is 1.71. The molecule has 0 saturated heterocycles. The highest BCUT2D eigenvalue weighted by molar-refractivity contribution is 5.64. The molecule has 0 fully saturated rings. The Bertz CT molecular complexity index is 471. The molecule has 1 heterocycles. The Hall–Kier alpha value is -1.61. The molecule has 0 unspecified atom stereocenters. The number of rotatable bonds is 2. The predicted molar refractivity (Wildman–Crippen MR) is 61.4 cm³/mol. The summed E-state index contributed by atoms with van der Waals surface area (Å²) in [5, 5.41) is 7.26. The summed E-state index contributed by atoms with van der Waals surface area (Å²) in [6.45, 7) is 4.63. The van der Waals surface area contributed by atoms with E-state index in [-0.39, 0.29) is 0 Å². The lowest BCUT2D eigenvalue weighted by Gasteiger charge is -2.00. The number of aryl methyl sites for hydroxylation is 1. The molecule has 0 amide bonds. The predicted octanol–water partition coefficient (Wildman–Crippen LogP) is 2.15. The van der Waals surface area contributed by atoms with E-state index in [0.717, 1.165) is 22.5 Å². The van der Waals surface area contributed by atoms with Crippen LogP contribution in [0.1, 0.15) is 16.8 Å². The van der Waals surface area contributed by atoms with E-state index in [0.29, 0.717) is 6.54 Å². The zero-order chi connectivity index (χ0) is 10.8. The van der Waals surface area contributed by atoms with E-state index in [1.165, 1.54) is 5.56 Å². The SMILES string of the molecule is Cc1cccc(-c2n[nH]c(CN)c2C)c1. The summed E-state index contributed by atoms with van der Waals surface area (Å²) >= 11 is 0. The molecule has 78 valence electrons. The Balaban J connectivity index is 2.49. The van der Waals surface area contributed by atoms with Crippen molar-refractivity contribution < 1.29 is 0 Å². The monoisotopic (exact) mass is 201 g/mol. The van der Waals surface area contributed by atoms with Crippen molar-refractivity contribution in [1.29, 1.82) is 0 Å². The van der Waals surface area contributed by atoms with Crippen molar-refractivity contribution in [2.45, 2.75) is 20.4 Å². The van der Waals surface area contributed by atoms with Gasteiger partial charge in [-0.1, -0.05) is 23.8 Å². The van der Waals surface area contributed by atoms with Crippen LogP contribution in [0.15, 0.2) is 24.3 Å². The second kappa shape index (κ2) is 3.87. The van der Waals surface area contributed by atoms with Gasteiger partial charge in [-0.15, -0.1) is 0 Å². The van der Waals surface area contributed by atoms with Crippen molar-refractivity contribution in [2.24, 2.45) is 5.73 Å². The van der Waals surface area contributed by atoms with Crippen molar-refractivity contribution in [1.82, 2.24) is 10.2 Å². The largest absolute Gasteiger partial charge is 0.325 e. The molecule has 0 aliphatic carbocycles. The molecule has 3 heteroatoms. The van der Waals surface area contributed by atoms with Gasteiger partial charge in [-0.05, 0) is 25.5 Å². The van der Waals surface area contributed by atoms with Crippen LogP contribution in [0.25, 0.3) is 11.3 Å². The molecule has 3 nitrogen and oxygen atoms in total. The highest BCUT2D eigenvalue weighted by Gasteiger charge is 2.09. The van der Waals surface area contributed by atoms with E-state index in [4.69, 9.17) is 5.73 Å². The van der Waals surface area contributed by atoms with Crippen LogP contribution >= 0.6 is 0 Å². The first kappa shape index (κ1) is 9.93. The lowest BCUT2D eigenvalue weighted by Crippen LogP contribution is -1.98. The first-order chi connectivity index (χ1) is 7.22. The summed E-state index contributed by atoms with van der Waals surface area (Å²) in [4.78, 5) is 0. The minimum Gasteiger partial charge on any atom is -0.325 e. The van der Waals surface area contributed by atoms with Gasteiger partial charge in [-0.25, -0.2) is 0 Å². The molecule has 0 bridgehead atoms. The lowest BCUT2D eigenvalue weighted by atomic mass is 10.1. The van der Waals surface area contributed by atoms with Gasteiger partial charge in [0, 0.05) is 12.1 Å².